The second-order valence-electron chi connectivity index (χ2n) is 7.71. The van der Waals surface area contributed by atoms with Crippen molar-refractivity contribution >= 4 is 11.9 Å². The summed E-state index contributed by atoms with van der Waals surface area (Å²) in [6.07, 6.45) is 8.27. The number of carbonyl (C=O) groups is 2. The van der Waals surface area contributed by atoms with Crippen LogP contribution in [0.3, 0.4) is 0 Å². The molecule has 0 aliphatic rings. The number of nitrogens with one attached hydrogen (secondary N) is 2. The number of carboxylic acid groups (broad SMARTS) is 2. The van der Waals surface area contributed by atoms with Crippen LogP contribution in [0, 0.1) is 0 Å². The molecule has 14 heteroatoms. The molecule has 0 amide bonds. The van der Waals surface area contributed by atoms with Crippen LogP contribution >= 0.6 is 0 Å². The smallest absolute Gasteiger partial charge is 0.305 e. The first-order valence-corrected chi connectivity index (χ1v) is 12.6. The fourth-order valence-electron chi connectivity index (χ4n) is 2.44. The van der Waals surface area contributed by atoms with Crippen molar-refractivity contribution in [3.8, 4) is 0 Å². The van der Waals surface area contributed by atoms with E-state index in [2.05, 4.69) is 11.0 Å². The van der Waals surface area contributed by atoms with Gasteiger partial charge in [-0.1, -0.05) is 12.8 Å². The summed E-state index contributed by atoms with van der Waals surface area (Å²) in [6.45, 7) is 3.49. The third-order valence-corrected chi connectivity index (χ3v) is 4.39. The van der Waals surface area contributed by atoms with Crippen LogP contribution in [0.4, 0.5) is 0 Å². The van der Waals surface area contributed by atoms with Gasteiger partial charge in [0.1, 0.15) is 0 Å². The molecule has 36 heavy (non-hydrogen) atoms. The lowest BCUT2D eigenvalue weighted by atomic mass is 10.2. The van der Waals surface area contributed by atoms with Gasteiger partial charge in [0.15, 0.2) is 0 Å². The standard InChI is InChI=1S/C22H44N2O12/c25-21(26)11-3-6-15-29-30-16-7-9-18-33-35-23-13-4-1-2-5-14-24-36-34-19-10-8-17-31-32-20-12-22(27)28/h23-24H,1-20H2,(H,25,26)(H,27,28). The molecule has 0 bridgehead atoms. The molecule has 0 saturated carbocycles. The highest BCUT2D eigenvalue weighted by atomic mass is 17.3. The molecule has 0 fully saturated rings. The molecule has 214 valence electrons. The average molecular weight is 529 g/mol. The highest BCUT2D eigenvalue weighted by Crippen LogP contribution is 1.99. The number of hydrogen-bond acceptors (Lipinski definition) is 12. The lowest BCUT2D eigenvalue weighted by molar-refractivity contribution is -0.338. The normalized spacial score (nSPS) is 11.2. The first-order valence-electron chi connectivity index (χ1n) is 12.6. The number of hydrogen-bond donors (Lipinski definition) is 4. The number of hydroxylamine groups is 2. The van der Waals surface area contributed by atoms with Crippen LogP contribution < -0.4 is 11.0 Å². The monoisotopic (exact) mass is 528 g/mol. The van der Waals surface area contributed by atoms with Crippen molar-refractivity contribution in [2.75, 3.05) is 52.7 Å². The van der Waals surface area contributed by atoms with E-state index in [0.717, 1.165) is 44.9 Å². The Kier molecular flexibility index (Phi) is 28.6. The molecule has 0 aromatic carbocycles. The summed E-state index contributed by atoms with van der Waals surface area (Å²) in [4.78, 5) is 59.9. The topological polar surface area (TPSA) is 172 Å². The van der Waals surface area contributed by atoms with Crippen LogP contribution in [-0.4, -0.2) is 74.9 Å². The first kappa shape index (κ1) is 34.5. The predicted molar refractivity (Wildman–Crippen MR) is 125 cm³/mol. The molecule has 0 heterocycles. The first-order chi connectivity index (χ1) is 17.6. The van der Waals surface area contributed by atoms with Crippen LogP contribution in [0.15, 0.2) is 0 Å². The maximum atomic E-state index is 10.3. The lowest BCUT2D eigenvalue weighted by Crippen LogP contribution is -2.18. The molecule has 0 aliphatic heterocycles. The zero-order valence-corrected chi connectivity index (χ0v) is 21.1. The fourth-order valence-corrected chi connectivity index (χ4v) is 2.44. The van der Waals surface area contributed by atoms with Gasteiger partial charge in [-0.2, -0.15) is 11.0 Å². The van der Waals surface area contributed by atoms with E-state index >= 15 is 0 Å². The number of rotatable bonds is 31. The maximum absolute atomic E-state index is 10.3. The summed E-state index contributed by atoms with van der Waals surface area (Å²) in [7, 11) is 0. The molecule has 0 aromatic rings. The Morgan fingerprint density at radius 2 is 0.833 bits per heavy atom. The number of unbranched alkanes of at least 4 members (excludes halogenated alkanes) is 6. The van der Waals surface area contributed by atoms with Gasteiger partial charge in [-0.05, 0) is 51.4 Å². The van der Waals surface area contributed by atoms with E-state index in [1.54, 1.807) is 0 Å². The molecule has 0 saturated heterocycles. The van der Waals surface area contributed by atoms with Crippen molar-refractivity contribution in [3.63, 3.8) is 0 Å². The second kappa shape index (κ2) is 29.8. The quantitative estimate of drug-likeness (QED) is 0.0587. The van der Waals surface area contributed by atoms with E-state index in [1.165, 1.54) is 0 Å². The van der Waals surface area contributed by atoms with Crippen LogP contribution in [0.25, 0.3) is 0 Å². The van der Waals surface area contributed by atoms with Gasteiger partial charge in [-0.15, -0.1) is 9.98 Å². The third kappa shape index (κ3) is 32.5. The van der Waals surface area contributed by atoms with Gasteiger partial charge in [0.05, 0.1) is 46.1 Å². The molecule has 0 unspecified atom stereocenters. The minimum Gasteiger partial charge on any atom is -0.481 e. The molecule has 0 radical (unpaired) electrons. The van der Waals surface area contributed by atoms with Gasteiger partial charge in [-0.3, -0.25) is 9.59 Å². The molecule has 4 N–H and O–H groups in total. The van der Waals surface area contributed by atoms with Crippen molar-refractivity contribution in [2.24, 2.45) is 0 Å². The van der Waals surface area contributed by atoms with Gasteiger partial charge >= 0.3 is 11.9 Å². The van der Waals surface area contributed by atoms with Crippen molar-refractivity contribution in [1.29, 1.82) is 0 Å². The number of aliphatic carboxylic acids is 2. The Morgan fingerprint density at radius 3 is 1.28 bits per heavy atom. The maximum Gasteiger partial charge on any atom is 0.305 e. The molecular formula is C22H44N2O12. The molecular weight excluding hydrogens is 484 g/mol. The second-order valence-corrected chi connectivity index (χ2v) is 7.71. The summed E-state index contributed by atoms with van der Waals surface area (Å²) >= 11 is 0. The van der Waals surface area contributed by atoms with E-state index in [0.29, 0.717) is 65.4 Å². The zero-order valence-electron chi connectivity index (χ0n) is 21.1. The van der Waals surface area contributed by atoms with Crippen LogP contribution in [0.5, 0.6) is 0 Å². The minimum absolute atomic E-state index is 0.0359. The highest BCUT2D eigenvalue weighted by molar-refractivity contribution is 5.66. The van der Waals surface area contributed by atoms with Gasteiger partial charge in [-0.25, -0.2) is 29.3 Å². The average Bonchev–Trinajstić information content (AvgIpc) is 2.85. The Balaban J connectivity index is 3.03. The van der Waals surface area contributed by atoms with Crippen LogP contribution in [-0.2, 0) is 48.9 Å². The molecule has 14 nitrogen and oxygen atoms in total. The van der Waals surface area contributed by atoms with Crippen LogP contribution in [0.1, 0.15) is 77.0 Å². The van der Waals surface area contributed by atoms with Gasteiger partial charge in [0, 0.05) is 19.5 Å². The Bertz CT molecular complexity index is 446. The van der Waals surface area contributed by atoms with Crippen molar-refractivity contribution in [1.82, 2.24) is 11.0 Å². The summed E-state index contributed by atoms with van der Waals surface area (Å²) < 4.78 is 0. The van der Waals surface area contributed by atoms with Crippen molar-refractivity contribution in [3.05, 3.63) is 0 Å². The van der Waals surface area contributed by atoms with E-state index < -0.39 is 11.9 Å². The Morgan fingerprint density at radius 1 is 0.444 bits per heavy atom. The summed E-state index contributed by atoms with van der Waals surface area (Å²) in [5.41, 5.74) is 5.50. The van der Waals surface area contributed by atoms with Crippen molar-refractivity contribution in [2.45, 2.75) is 77.0 Å². The van der Waals surface area contributed by atoms with Crippen molar-refractivity contribution < 1.29 is 59.1 Å². The molecule has 0 aromatic heterocycles. The van der Waals surface area contributed by atoms with Gasteiger partial charge in [0.2, 0.25) is 0 Å². The minimum atomic E-state index is -0.923. The molecule has 0 atom stereocenters. The van der Waals surface area contributed by atoms with Gasteiger partial charge < -0.3 is 10.2 Å². The SMILES string of the molecule is O=C(O)CCCCOOCCCCOONCCCCCCNOOCCCCOOCCC(=O)O. The van der Waals surface area contributed by atoms with Gasteiger partial charge in [0.25, 0.3) is 0 Å². The Hall–Kier alpha value is -1.46. The summed E-state index contributed by atoms with van der Waals surface area (Å²) in [5, 5.41) is 16.9. The van der Waals surface area contributed by atoms with E-state index in [1.807, 2.05) is 0 Å². The molecule has 0 aliphatic carbocycles. The zero-order chi connectivity index (χ0) is 26.4. The fraction of sp³-hybridized carbons (Fsp3) is 0.909. The molecule has 0 spiro atoms. The predicted octanol–water partition coefficient (Wildman–Crippen LogP) is 2.64. The molecule has 0 rings (SSSR count). The largest absolute Gasteiger partial charge is 0.481 e. The van der Waals surface area contributed by atoms with E-state index in [-0.39, 0.29) is 19.4 Å². The van der Waals surface area contributed by atoms with E-state index in [4.69, 9.17) is 49.5 Å². The highest BCUT2D eigenvalue weighted by Gasteiger charge is 1.99. The number of carboxylic acids is 2. The van der Waals surface area contributed by atoms with E-state index in [9.17, 15) is 9.59 Å². The Labute approximate surface area is 212 Å². The third-order valence-electron chi connectivity index (χ3n) is 4.39. The van der Waals surface area contributed by atoms with Crippen LogP contribution in [0.2, 0.25) is 0 Å². The lowest BCUT2D eigenvalue weighted by Gasteiger charge is -2.07. The summed E-state index contributed by atoms with van der Waals surface area (Å²) in [5.74, 6) is -1.72. The summed E-state index contributed by atoms with van der Waals surface area (Å²) in [6, 6.07) is 0.